The molecule has 1 saturated carbocycles. The van der Waals surface area contributed by atoms with Crippen molar-refractivity contribution in [1.29, 1.82) is 0 Å². The summed E-state index contributed by atoms with van der Waals surface area (Å²) in [5.74, 6) is -1.97. The number of nitrogens with zero attached hydrogens (tertiary/aromatic N) is 1. The van der Waals surface area contributed by atoms with E-state index in [4.69, 9.17) is 4.74 Å². The van der Waals surface area contributed by atoms with Crippen LogP contribution in [0.2, 0.25) is 0 Å². The van der Waals surface area contributed by atoms with Gasteiger partial charge in [0.05, 0.1) is 4.90 Å². The number of imide groups is 1. The van der Waals surface area contributed by atoms with E-state index in [1.54, 1.807) is 26.0 Å². The fraction of sp³-hybridized carbons (Fsp3) is 0.609. The Kier molecular flexibility index (Phi) is 7.71. The van der Waals surface area contributed by atoms with Gasteiger partial charge in [-0.2, -0.15) is 4.31 Å². The Morgan fingerprint density at radius 3 is 2.25 bits per heavy atom. The second-order valence-corrected chi connectivity index (χ2v) is 10.7. The van der Waals surface area contributed by atoms with Gasteiger partial charge in [0.15, 0.2) is 6.61 Å². The summed E-state index contributed by atoms with van der Waals surface area (Å²) in [5.41, 5.74) is 2.22. The first kappa shape index (κ1) is 24.4. The lowest BCUT2D eigenvalue weighted by atomic mass is 9.89. The molecule has 1 atom stereocenters. The highest BCUT2D eigenvalue weighted by Gasteiger charge is 2.41. The summed E-state index contributed by atoms with van der Waals surface area (Å²) in [6.07, 6.45) is 5.38. The standard InChI is InChI=1S/C23H32N2O6S/c1-15-12-16(2)21(17(3)13-15)32(29,30)25-11-7-10-19(25)23(28)31-14-20(26)24-22(27)18-8-5-4-6-9-18/h12-13,18-19H,4-11,14H2,1-3H3,(H,24,26,27). The molecule has 176 valence electrons. The topological polar surface area (TPSA) is 110 Å². The average Bonchev–Trinajstić information content (AvgIpc) is 3.22. The van der Waals surface area contributed by atoms with Crippen LogP contribution >= 0.6 is 0 Å². The van der Waals surface area contributed by atoms with E-state index >= 15 is 0 Å². The zero-order valence-electron chi connectivity index (χ0n) is 19.0. The largest absolute Gasteiger partial charge is 0.454 e. The van der Waals surface area contributed by atoms with Crippen molar-refractivity contribution < 1.29 is 27.5 Å². The van der Waals surface area contributed by atoms with E-state index in [0.717, 1.165) is 37.7 Å². The lowest BCUT2D eigenvalue weighted by molar-refractivity contribution is -0.152. The molecule has 1 aliphatic carbocycles. The number of nitrogens with one attached hydrogen (secondary N) is 1. The highest BCUT2D eigenvalue weighted by molar-refractivity contribution is 7.89. The molecule has 2 aliphatic rings. The number of amides is 2. The molecule has 0 spiro atoms. The normalized spacial score (nSPS) is 20.2. The summed E-state index contributed by atoms with van der Waals surface area (Å²) >= 11 is 0. The van der Waals surface area contributed by atoms with E-state index in [1.165, 1.54) is 4.31 Å². The minimum atomic E-state index is -3.91. The van der Waals surface area contributed by atoms with Gasteiger partial charge in [0.1, 0.15) is 6.04 Å². The number of rotatable bonds is 6. The van der Waals surface area contributed by atoms with Crippen LogP contribution in [0, 0.1) is 26.7 Å². The van der Waals surface area contributed by atoms with E-state index in [9.17, 15) is 22.8 Å². The lowest BCUT2D eigenvalue weighted by Gasteiger charge is -2.25. The molecule has 3 rings (SSSR count). The van der Waals surface area contributed by atoms with Gasteiger partial charge in [0.25, 0.3) is 5.91 Å². The number of ether oxygens (including phenoxy) is 1. The Balaban J connectivity index is 1.63. The SMILES string of the molecule is Cc1cc(C)c(S(=O)(=O)N2CCCC2C(=O)OCC(=O)NC(=O)C2CCCCC2)c(C)c1. The number of benzene rings is 1. The predicted octanol–water partition coefficient (Wildman–Crippen LogP) is 2.53. The van der Waals surface area contributed by atoms with Gasteiger partial charge in [-0.25, -0.2) is 8.42 Å². The molecule has 1 aliphatic heterocycles. The molecule has 8 nitrogen and oxygen atoms in total. The average molecular weight is 465 g/mol. The molecule has 1 aromatic carbocycles. The Morgan fingerprint density at radius 1 is 1.00 bits per heavy atom. The van der Waals surface area contributed by atoms with Crippen molar-refractivity contribution in [1.82, 2.24) is 9.62 Å². The summed E-state index contributed by atoms with van der Waals surface area (Å²) in [6, 6.07) is 2.62. The van der Waals surface area contributed by atoms with Gasteiger partial charge in [-0.1, -0.05) is 37.0 Å². The smallest absolute Gasteiger partial charge is 0.324 e. The van der Waals surface area contributed by atoms with Crippen LogP contribution in [0.15, 0.2) is 17.0 Å². The first-order chi connectivity index (χ1) is 15.1. The van der Waals surface area contributed by atoms with Crippen LogP contribution in [0.25, 0.3) is 0 Å². The van der Waals surface area contributed by atoms with E-state index in [2.05, 4.69) is 5.32 Å². The Morgan fingerprint density at radius 2 is 1.62 bits per heavy atom. The lowest BCUT2D eigenvalue weighted by Crippen LogP contribution is -2.43. The van der Waals surface area contributed by atoms with E-state index in [0.29, 0.717) is 24.0 Å². The van der Waals surface area contributed by atoms with Gasteiger partial charge in [-0.3, -0.25) is 19.7 Å². The molecule has 1 unspecified atom stereocenters. The highest BCUT2D eigenvalue weighted by Crippen LogP contribution is 2.31. The fourth-order valence-electron chi connectivity index (χ4n) is 4.83. The minimum absolute atomic E-state index is 0.181. The summed E-state index contributed by atoms with van der Waals surface area (Å²) in [5, 5.41) is 2.30. The van der Waals surface area contributed by atoms with Gasteiger partial charge >= 0.3 is 5.97 Å². The van der Waals surface area contributed by atoms with Crippen molar-refractivity contribution >= 4 is 27.8 Å². The molecular formula is C23H32N2O6S. The van der Waals surface area contributed by atoms with Crippen LogP contribution in [0.1, 0.15) is 61.6 Å². The number of sulfonamides is 1. The van der Waals surface area contributed by atoms with Crippen molar-refractivity contribution in [2.45, 2.75) is 76.7 Å². The molecular weight excluding hydrogens is 432 g/mol. The van der Waals surface area contributed by atoms with Crippen molar-refractivity contribution in [3.05, 3.63) is 28.8 Å². The predicted molar refractivity (Wildman–Crippen MR) is 118 cm³/mol. The van der Waals surface area contributed by atoms with Crippen molar-refractivity contribution in [3.8, 4) is 0 Å². The Labute approximate surface area is 189 Å². The third-order valence-corrected chi connectivity index (χ3v) is 8.45. The summed E-state index contributed by atoms with van der Waals surface area (Å²) in [6.45, 7) is 4.98. The van der Waals surface area contributed by atoms with Crippen LogP contribution in [0.5, 0.6) is 0 Å². The maximum absolute atomic E-state index is 13.4. The number of hydrogen-bond donors (Lipinski definition) is 1. The van der Waals surface area contributed by atoms with Gasteiger partial charge in [-0.05, 0) is 57.6 Å². The van der Waals surface area contributed by atoms with Gasteiger partial charge < -0.3 is 4.74 Å². The Bertz CT molecular complexity index is 975. The number of aryl methyl sites for hydroxylation is 3. The molecule has 1 saturated heterocycles. The number of carbonyl (C=O) groups excluding carboxylic acids is 3. The molecule has 0 aromatic heterocycles. The zero-order chi connectivity index (χ0) is 23.5. The van der Waals surface area contributed by atoms with Crippen LogP contribution in [-0.2, 0) is 29.1 Å². The first-order valence-corrected chi connectivity index (χ1v) is 12.7. The molecule has 32 heavy (non-hydrogen) atoms. The third kappa shape index (κ3) is 5.38. The van der Waals surface area contributed by atoms with Crippen LogP contribution in [0.4, 0.5) is 0 Å². The van der Waals surface area contributed by atoms with E-state index in [-0.39, 0.29) is 23.3 Å². The maximum atomic E-state index is 13.4. The molecule has 9 heteroatoms. The zero-order valence-corrected chi connectivity index (χ0v) is 19.8. The van der Waals surface area contributed by atoms with Crippen molar-refractivity contribution in [3.63, 3.8) is 0 Å². The second kappa shape index (κ2) is 10.1. The van der Waals surface area contributed by atoms with E-state index in [1.807, 2.05) is 6.92 Å². The third-order valence-electron chi connectivity index (χ3n) is 6.23. The van der Waals surface area contributed by atoms with Crippen molar-refractivity contribution in [2.75, 3.05) is 13.2 Å². The quantitative estimate of drug-likeness (QED) is 0.648. The Hall–Kier alpha value is -2.26. The van der Waals surface area contributed by atoms with E-state index < -0.39 is 34.5 Å². The fourth-order valence-corrected chi connectivity index (χ4v) is 6.89. The minimum Gasteiger partial charge on any atom is -0.454 e. The maximum Gasteiger partial charge on any atom is 0.324 e. The monoisotopic (exact) mass is 464 g/mol. The molecule has 1 N–H and O–H groups in total. The summed E-state index contributed by atoms with van der Waals surface area (Å²) in [7, 11) is -3.91. The molecule has 2 fully saturated rings. The molecule has 0 bridgehead atoms. The number of hydrogen-bond acceptors (Lipinski definition) is 6. The number of esters is 1. The van der Waals surface area contributed by atoms with Crippen LogP contribution < -0.4 is 5.32 Å². The molecule has 2 amide bonds. The number of carbonyl (C=O) groups is 3. The molecule has 0 radical (unpaired) electrons. The highest BCUT2D eigenvalue weighted by atomic mass is 32.2. The molecule has 1 aromatic rings. The van der Waals surface area contributed by atoms with Crippen molar-refractivity contribution in [2.24, 2.45) is 5.92 Å². The summed E-state index contributed by atoms with van der Waals surface area (Å²) in [4.78, 5) is 37.1. The van der Waals surface area contributed by atoms with Crippen LogP contribution in [-0.4, -0.2) is 49.7 Å². The summed E-state index contributed by atoms with van der Waals surface area (Å²) < 4.78 is 33.0. The second-order valence-electron chi connectivity index (χ2n) is 8.86. The first-order valence-electron chi connectivity index (χ1n) is 11.2. The molecule has 1 heterocycles. The van der Waals surface area contributed by atoms with Gasteiger partial charge in [0.2, 0.25) is 15.9 Å². The van der Waals surface area contributed by atoms with Gasteiger partial charge in [0, 0.05) is 12.5 Å². The van der Waals surface area contributed by atoms with Gasteiger partial charge in [-0.15, -0.1) is 0 Å². The van der Waals surface area contributed by atoms with Crippen LogP contribution in [0.3, 0.4) is 0 Å².